The zero-order chi connectivity index (χ0) is 17.4. The summed E-state index contributed by atoms with van der Waals surface area (Å²) in [4.78, 5) is 25.5. The molecule has 1 aromatic carbocycles. The Kier molecular flexibility index (Phi) is 7.54. The smallest absolute Gasteiger partial charge is 0.321 e. The topological polar surface area (TPSA) is 70.7 Å². The molecule has 0 radical (unpaired) electrons. The molecule has 0 aliphatic rings. The zero-order valence-electron chi connectivity index (χ0n) is 14.6. The monoisotopic (exact) mass is 321 g/mol. The van der Waals surface area contributed by atoms with Crippen molar-refractivity contribution in [3.05, 3.63) is 24.3 Å². The van der Waals surface area contributed by atoms with Gasteiger partial charge in [0.15, 0.2) is 0 Å². The van der Waals surface area contributed by atoms with Crippen LogP contribution in [0.5, 0.6) is 0 Å². The number of nitrogens with one attached hydrogen (secondary N) is 2. The minimum absolute atomic E-state index is 0.00790. The normalized spacial score (nSPS) is 11.9. The van der Waals surface area contributed by atoms with Crippen molar-refractivity contribution in [2.45, 2.75) is 33.2 Å². The summed E-state index contributed by atoms with van der Waals surface area (Å²) in [6.45, 7) is 6.29. The van der Waals surface area contributed by atoms with Crippen molar-refractivity contribution in [3.63, 3.8) is 0 Å². The highest BCUT2D eigenvalue weighted by Crippen LogP contribution is 2.17. The number of hydrogen-bond donors (Lipinski definition) is 2. The summed E-state index contributed by atoms with van der Waals surface area (Å²) in [5.74, 6) is 0.290. The van der Waals surface area contributed by atoms with E-state index in [4.69, 9.17) is 4.74 Å². The van der Waals surface area contributed by atoms with Crippen LogP contribution in [0.2, 0.25) is 0 Å². The van der Waals surface area contributed by atoms with Crippen LogP contribution < -0.4 is 10.6 Å². The van der Waals surface area contributed by atoms with E-state index in [1.807, 2.05) is 6.92 Å². The zero-order valence-corrected chi connectivity index (χ0v) is 14.6. The van der Waals surface area contributed by atoms with Gasteiger partial charge in [-0.1, -0.05) is 19.9 Å². The molecule has 0 fully saturated rings. The first-order chi connectivity index (χ1) is 10.8. The highest BCUT2D eigenvalue weighted by Gasteiger charge is 2.17. The molecule has 0 spiro atoms. The van der Waals surface area contributed by atoms with Gasteiger partial charge in [-0.25, -0.2) is 4.79 Å². The van der Waals surface area contributed by atoms with Crippen molar-refractivity contribution in [2.75, 3.05) is 31.4 Å². The third-order valence-electron chi connectivity index (χ3n) is 3.47. The molecule has 23 heavy (non-hydrogen) atoms. The molecule has 0 aliphatic carbocycles. The van der Waals surface area contributed by atoms with Crippen LogP contribution in [0.3, 0.4) is 0 Å². The molecule has 0 aromatic heterocycles. The average Bonchev–Trinajstić information content (AvgIpc) is 2.46. The fourth-order valence-electron chi connectivity index (χ4n) is 2.26. The van der Waals surface area contributed by atoms with E-state index in [0.29, 0.717) is 17.3 Å². The van der Waals surface area contributed by atoms with Gasteiger partial charge in [-0.15, -0.1) is 0 Å². The number of amides is 3. The Bertz CT molecular complexity index is 532. The van der Waals surface area contributed by atoms with Crippen molar-refractivity contribution in [3.8, 4) is 0 Å². The molecule has 1 rings (SSSR count). The molecular weight excluding hydrogens is 294 g/mol. The van der Waals surface area contributed by atoms with E-state index in [-0.39, 0.29) is 24.6 Å². The fraction of sp³-hybridized carbons (Fsp3) is 0.529. The van der Waals surface area contributed by atoms with E-state index in [9.17, 15) is 9.59 Å². The molecule has 6 nitrogen and oxygen atoms in total. The predicted molar refractivity (Wildman–Crippen MR) is 92.6 cm³/mol. The second-order valence-corrected chi connectivity index (χ2v) is 6.08. The molecule has 0 saturated carbocycles. The number of nitrogens with zero attached hydrogens (tertiary/aromatic N) is 1. The summed E-state index contributed by atoms with van der Waals surface area (Å²) in [5, 5.41) is 5.55. The second-order valence-electron chi connectivity index (χ2n) is 6.08. The summed E-state index contributed by atoms with van der Waals surface area (Å²) >= 11 is 0. The Morgan fingerprint density at radius 3 is 2.35 bits per heavy atom. The van der Waals surface area contributed by atoms with E-state index in [1.54, 1.807) is 36.2 Å². The quantitative estimate of drug-likeness (QED) is 0.810. The Hall–Kier alpha value is -2.08. The predicted octanol–water partition coefficient (Wildman–Crippen LogP) is 3.17. The van der Waals surface area contributed by atoms with E-state index in [0.717, 1.165) is 6.42 Å². The van der Waals surface area contributed by atoms with Gasteiger partial charge in [-0.3, -0.25) is 4.79 Å². The Balaban J connectivity index is 2.66. The number of ether oxygens (including phenoxy) is 1. The van der Waals surface area contributed by atoms with Crippen LogP contribution in [-0.4, -0.2) is 43.6 Å². The number of benzene rings is 1. The highest BCUT2D eigenvalue weighted by molar-refractivity contribution is 5.94. The molecule has 1 atom stereocenters. The van der Waals surface area contributed by atoms with E-state index in [2.05, 4.69) is 24.5 Å². The lowest BCUT2D eigenvalue weighted by Crippen LogP contribution is -2.38. The van der Waals surface area contributed by atoms with Crippen LogP contribution >= 0.6 is 0 Å². The van der Waals surface area contributed by atoms with Crippen LogP contribution in [0.15, 0.2) is 24.3 Å². The van der Waals surface area contributed by atoms with Gasteiger partial charge in [0, 0.05) is 31.6 Å². The first-order valence-electron chi connectivity index (χ1n) is 7.76. The lowest BCUT2D eigenvalue weighted by molar-refractivity contribution is -0.119. The maximum atomic E-state index is 12.3. The maximum Gasteiger partial charge on any atom is 0.321 e. The molecular formula is C17H27N3O3. The molecule has 128 valence electrons. The maximum absolute atomic E-state index is 12.3. The summed E-state index contributed by atoms with van der Waals surface area (Å²) in [5.41, 5.74) is 1.25. The summed E-state index contributed by atoms with van der Waals surface area (Å²) in [6.07, 6.45) is 0.942. The van der Waals surface area contributed by atoms with Crippen LogP contribution in [0.4, 0.5) is 16.2 Å². The minimum atomic E-state index is -0.237. The van der Waals surface area contributed by atoms with E-state index < -0.39 is 0 Å². The largest absolute Gasteiger partial charge is 0.375 e. The Morgan fingerprint density at radius 1 is 1.17 bits per heavy atom. The Labute approximate surface area is 138 Å². The Morgan fingerprint density at radius 2 is 1.78 bits per heavy atom. The molecule has 3 amide bonds. The average molecular weight is 321 g/mol. The van der Waals surface area contributed by atoms with Crippen molar-refractivity contribution in [2.24, 2.45) is 5.92 Å². The number of urea groups is 1. The van der Waals surface area contributed by atoms with Crippen LogP contribution in [0, 0.1) is 5.92 Å². The van der Waals surface area contributed by atoms with E-state index in [1.165, 1.54) is 7.11 Å². The van der Waals surface area contributed by atoms with Crippen molar-refractivity contribution >= 4 is 23.3 Å². The number of carbonyl (C=O) groups excluding carboxylic acids is 2. The molecule has 0 unspecified atom stereocenters. The third kappa shape index (κ3) is 6.69. The van der Waals surface area contributed by atoms with Gasteiger partial charge in [0.25, 0.3) is 0 Å². The summed E-state index contributed by atoms with van der Waals surface area (Å²) in [6, 6.07) is 7.01. The van der Waals surface area contributed by atoms with Gasteiger partial charge in [-0.2, -0.15) is 0 Å². The molecule has 6 heteroatoms. The lowest BCUT2D eigenvalue weighted by Gasteiger charge is -2.26. The first-order valence-corrected chi connectivity index (χ1v) is 7.76. The molecule has 2 N–H and O–H groups in total. The van der Waals surface area contributed by atoms with Gasteiger partial charge in [0.1, 0.15) is 6.61 Å². The fourth-order valence-corrected chi connectivity index (χ4v) is 2.26. The number of carbonyl (C=O) groups is 2. The summed E-state index contributed by atoms with van der Waals surface area (Å²) < 4.78 is 4.77. The number of anilines is 2. The standard InChI is InChI=1S/C17H27N3O3/c1-12(2)9-13(3)20(4)17(22)19-15-8-6-7-14(10-15)18-16(21)11-23-5/h6-8,10,12-13H,9,11H2,1-5H3,(H,18,21)(H,19,22)/t13-/m1/s1. The number of hydrogen-bond acceptors (Lipinski definition) is 3. The van der Waals surface area contributed by atoms with Gasteiger partial charge < -0.3 is 20.3 Å². The molecule has 0 aliphatic heterocycles. The number of rotatable bonds is 7. The molecule has 1 aromatic rings. The molecule has 0 bridgehead atoms. The van der Waals surface area contributed by atoms with Crippen molar-refractivity contribution < 1.29 is 14.3 Å². The second kappa shape index (κ2) is 9.15. The number of methoxy groups -OCH3 is 1. The SMILES string of the molecule is COCC(=O)Nc1cccc(NC(=O)N(C)[C@H](C)CC(C)C)c1. The van der Waals surface area contributed by atoms with Crippen LogP contribution in [0.25, 0.3) is 0 Å². The minimum Gasteiger partial charge on any atom is -0.375 e. The highest BCUT2D eigenvalue weighted by atomic mass is 16.5. The first kappa shape index (κ1) is 19.0. The van der Waals surface area contributed by atoms with Crippen molar-refractivity contribution in [1.82, 2.24) is 4.90 Å². The summed E-state index contributed by atoms with van der Waals surface area (Å²) in [7, 11) is 3.25. The van der Waals surface area contributed by atoms with Gasteiger partial charge in [0.2, 0.25) is 5.91 Å². The van der Waals surface area contributed by atoms with Gasteiger partial charge in [0.05, 0.1) is 0 Å². The molecule has 0 heterocycles. The third-order valence-corrected chi connectivity index (χ3v) is 3.47. The van der Waals surface area contributed by atoms with Gasteiger partial charge >= 0.3 is 6.03 Å². The van der Waals surface area contributed by atoms with Crippen molar-refractivity contribution in [1.29, 1.82) is 0 Å². The lowest BCUT2D eigenvalue weighted by atomic mass is 10.0. The van der Waals surface area contributed by atoms with E-state index >= 15 is 0 Å². The van der Waals surface area contributed by atoms with Crippen LogP contribution in [-0.2, 0) is 9.53 Å². The molecule has 0 saturated heterocycles. The van der Waals surface area contributed by atoms with Gasteiger partial charge in [-0.05, 0) is 37.5 Å². The van der Waals surface area contributed by atoms with Crippen LogP contribution in [0.1, 0.15) is 27.2 Å².